The first-order chi connectivity index (χ1) is 11.6. The van der Waals surface area contributed by atoms with Gasteiger partial charge in [0.1, 0.15) is 0 Å². The van der Waals surface area contributed by atoms with Crippen molar-refractivity contribution in [2.24, 2.45) is 4.99 Å². The summed E-state index contributed by atoms with van der Waals surface area (Å²) in [5.74, 6) is 0.629. The molecule has 0 aliphatic carbocycles. The molecular weight excluding hydrogens is 304 g/mol. The lowest BCUT2D eigenvalue weighted by Gasteiger charge is -2.24. The molecule has 2 amide bonds. The number of guanidine groups is 1. The predicted octanol–water partition coefficient (Wildman–Crippen LogP) is 2.44. The van der Waals surface area contributed by atoms with Crippen molar-refractivity contribution in [2.75, 3.05) is 19.6 Å². The SMILES string of the molecule is CCCCCCC(C)NC(=NCCN1C(=O)CCCC1=O)NCC. The van der Waals surface area contributed by atoms with Crippen molar-refractivity contribution < 1.29 is 9.59 Å². The van der Waals surface area contributed by atoms with Gasteiger partial charge in [-0.2, -0.15) is 0 Å². The molecule has 1 fully saturated rings. The van der Waals surface area contributed by atoms with Crippen molar-refractivity contribution in [3.05, 3.63) is 0 Å². The lowest BCUT2D eigenvalue weighted by atomic mass is 10.1. The van der Waals surface area contributed by atoms with Crippen LogP contribution in [-0.2, 0) is 9.59 Å². The first kappa shape index (κ1) is 20.5. The molecule has 1 saturated heterocycles. The van der Waals surface area contributed by atoms with Crippen LogP contribution in [0.5, 0.6) is 0 Å². The van der Waals surface area contributed by atoms with Gasteiger partial charge in [-0.05, 0) is 26.7 Å². The van der Waals surface area contributed by atoms with Crippen molar-refractivity contribution in [3.8, 4) is 0 Å². The average molecular weight is 338 g/mol. The number of carbonyl (C=O) groups is 2. The smallest absolute Gasteiger partial charge is 0.229 e. The Labute approximate surface area is 146 Å². The van der Waals surface area contributed by atoms with Gasteiger partial charge in [0, 0.05) is 32.0 Å². The van der Waals surface area contributed by atoms with Crippen molar-refractivity contribution in [2.45, 2.75) is 78.2 Å². The zero-order valence-corrected chi connectivity index (χ0v) is 15.6. The van der Waals surface area contributed by atoms with Gasteiger partial charge in [0.05, 0.1) is 6.54 Å². The van der Waals surface area contributed by atoms with Gasteiger partial charge in [0.15, 0.2) is 5.96 Å². The summed E-state index contributed by atoms with van der Waals surface area (Å²) < 4.78 is 0. The lowest BCUT2D eigenvalue weighted by Crippen LogP contribution is -2.44. The van der Waals surface area contributed by atoms with Crippen molar-refractivity contribution >= 4 is 17.8 Å². The summed E-state index contributed by atoms with van der Waals surface area (Å²) in [6, 6.07) is 0.359. The van der Waals surface area contributed by atoms with Crippen LogP contribution < -0.4 is 10.6 Å². The van der Waals surface area contributed by atoms with Crippen LogP contribution >= 0.6 is 0 Å². The van der Waals surface area contributed by atoms with E-state index in [-0.39, 0.29) is 11.8 Å². The van der Waals surface area contributed by atoms with E-state index in [1.165, 1.54) is 30.6 Å². The van der Waals surface area contributed by atoms with Crippen LogP contribution in [0.2, 0.25) is 0 Å². The standard InChI is InChI=1S/C18H34N4O2/c1-4-6-7-8-10-15(3)21-18(19-5-2)20-13-14-22-16(23)11-9-12-17(22)24/h15H,4-14H2,1-3H3,(H2,19,20,21). The number of unbranched alkanes of at least 4 members (excludes halogenated alkanes) is 3. The second kappa shape index (κ2) is 11.9. The number of amides is 2. The molecule has 0 bridgehead atoms. The molecule has 0 aromatic carbocycles. The highest BCUT2D eigenvalue weighted by atomic mass is 16.2. The molecule has 6 heteroatoms. The van der Waals surface area contributed by atoms with Crippen molar-refractivity contribution in [1.82, 2.24) is 15.5 Å². The fourth-order valence-electron chi connectivity index (χ4n) is 2.81. The first-order valence-corrected chi connectivity index (χ1v) is 9.46. The van der Waals surface area contributed by atoms with Crippen LogP contribution in [0.1, 0.15) is 72.1 Å². The Balaban J connectivity index is 2.40. The Morgan fingerprint density at radius 1 is 1.17 bits per heavy atom. The minimum absolute atomic E-state index is 0.0660. The van der Waals surface area contributed by atoms with Crippen LogP contribution in [0, 0.1) is 0 Å². The van der Waals surface area contributed by atoms with E-state index in [0.717, 1.165) is 18.9 Å². The highest BCUT2D eigenvalue weighted by molar-refractivity contribution is 5.97. The van der Waals surface area contributed by atoms with Gasteiger partial charge < -0.3 is 10.6 Å². The number of rotatable bonds is 10. The Morgan fingerprint density at radius 2 is 1.88 bits per heavy atom. The largest absolute Gasteiger partial charge is 0.357 e. The second-order valence-corrected chi connectivity index (χ2v) is 6.45. The van der Waals surface area contributed by atoms with E-state index in [2.05, 4.69) is 29.5 Å². The Bertz CT molecular complexity index is 407. The lowest BCUT2D eigenvalue weighted by molar-refractivity contribution is -0.147. The Morgan fingerprint density at radius 3 is 2.50 bits per heavy atom. The molecule has 1 aliphatic heterocycles. The normalized spacial score (nSPS) is 17.1. The van der Waals surface area contributed by atoms with Crippen LogP contribution in [0.25, 0.3) is 0 Å². The molecule has 1 heterocycles. The maximum absolute atomic E-state index is 11.8. The fourth-order valence-corrected chi connectivity index (χ4v) is 2.81. The van der Waals surface area contributed by atoms with Gasteiger partial charge in [-0.25, -0.2) is 0 Å². The monoisotopic (exact) mass is 338 g/mol. The highest BCUT2D eigenvalue weighted by Crippen LogP contribution is 2.11. The summed E-state index contributed by atoms with van der Waals surface area (Å²) in [7, 11) is 0. The maximum atomic E-state index is 11.8. The molecule has 0 radical (unpaired) electrons. The van der Waals surface area contributed by atoms with E-state index in [0.29, 0.717) is 38.4 Å². The van der Waals surface area contributed by atoms with Gasteiger partial charge in [-0.1, -0.05) is 32.6 Å². The third-order valence-electron chi connectivity index (χ3n) is 4.19. The quantitative estimate of drug-likeness (QED) is 0.278. The predicted molar refractivity (Wildman–Crippen MR) is 97.9 cm³/mol. The van der Waals surface area contributed by atoms with Crippen LogP contribution in [-0.4, -0.2) is 48.3 Å². The zero-order valence-electron chi connectivity index (χ0n) is 15.6. The molecule has 138 valence electrons. The van der Waals surface area contributed by atoms with E-state index < -0.39 is 0 Å². The summed E-state index contributed by atoms with van der Waals surface area (Å²) in [6.45, 7) is 8.01. The molecule has 0 spiro atoms. The summed E-state index contributed by atoms with van der Waals surface area (Å²) in [6.07, 6.45) is 7.78. The maximum Gasteiger partial charge on any atom is 0.229 e. The number of nitrogens with zero attached hydrogens (tertiary/aromatic N) is 2. The Hall–Kier alpha value is -1.59. The molecule has 24 heavy (non-hydrogen) atoms. The average Bonchev–Trinajstić information content (AvgIpc) is 2.54. The Kier molecular flexibility index (Phi) is 10.1. The van der Waals surface area contributed by atoms with E-state index in [1.54, 1.807) is 0 Å². The number of nitrogens with one attached hydrogen (secondary N) is 2. The van der Waals surface area contributed by atoms with Crippen LogP contribution in [0.4, 0.5) is 0 Å². The van der Waals surface area contributed by atoms with Gasteiger partial charge >= 0.3 is 0 Å². The van der Waals surface area contributed by atoms with E-state index in [4.69, 9.17) is 0 Å². The van der Waals surface area contributed by atoms with Gasteiger partial charge in [-0.3, -0.25) is 19.5 Å². The molecule has 2 N–H and O–H groups in total. The topological polar surface area (TPSA) is 73.8 Å². The zero-order chi connectivity index (χ0) is 17.8. The fraction of sp³-hybridized carbons (Fsp3) is 0.833. The molecule has 0 aromatic rings. The van der Waals surface area contributed by atoms with Crippen LogP contribution in [0.3, 0.4) is 0 Å². The number of carbonyl (C=O) groups excluding carboxylic acids is 2. The number of piperidine rings is 1. The van der Waals surface area contributed by atoms with Crippen LogP contribution in [0.15, 0.2) is 4.99 Å². The number of hydrogen-bond acceptors (Lipinski definition) is 3. The summed E-state index contributed by atoms with van der Waals surface area (Å²) in [5.41, 5.74) is 0. The molecule has 1 atom stereocenters. The van der Waals surface area contributed by atoms with E-state index >= 15 is 0 Å². The van der Waals surface area contributed by atoms with Crippen molar-refractivity contribution in [3.63, 3.8) is 0 Å². The minimum Gasteiger partial charge on any atom is -0.357 e. The summed E-state index contributed by atoms with van der Waals surface area (Å²) >= 11 is 0. The first-order valence-electron chi connectivity index (χ1n) is 9.46. The van der Waals surface area contributed by atoms with Gasteiger partial charge in [-0.15, -0.1) is 0 Å². The molecule has 1 rings (SSSR count). The number of imide groups is 1. The second-order valence-electron chi connectivity index (χ2n) is 6.45. The van der Waals surface area contributed by atoms with Gasteiger partial charge in [0.2, 0.25) is 11.8 Å². The minimum atomic E-state index is -0.0660. The number of hydrogen-bond donors (Lipinski definition) is 2. The molecule has 6 nitrogen and oxygen atoms in total. The number of aliphatic imine (C=N–C) groups is 1. The van der Waals surface area contributed by atoms with Crippen molar-refractivity contribution in [1.29, 1.82) is 0 Å². The molecule has 0 aromatic heterocycles. The van der Waals surface area contributed by atoms with E-state index in [1.807, 2.05) is 6.92 Å². The molecule has 1 aliphatic rings. The number of likely N-dealkylation sites (tertiary alicyclic amines) is 1. The molecule has 0 saturated carbocycles. The van der Waals surface area contributed by atoms with Gasteiger partial charge in [0.25, 0.3) is 0 Å². The third-order valence-corrected chi connectivity index (χ3v) is 4.19. The van der Waals surface area contributed by atoms with E-state index in [9.17, 15) is 9.59 Å². The summed E-state index contributed by atoms with van der Waals surface area (Å²) in [4.78, 5) is 29.4. The summed E-state index contributed by atoms with van der Waals surface area (Å²) in [5, 5.41) is 6.63. The third kappa shape index (κ3) is 7.79. The highest BCUT2D eigenvalue weighted by Gasteiger charge is 2.25. The molecular formula is C18H34N4O2. The molecule has 1 unspecified atom stereocenters.